The third kappa shape index (κ3) is 4.88. The zero-order chi connectivity index (χ0) is 20.0. The summed E-state index contributed by atoms with van der Waals surface area (Å²) >= 11 is 0. The zero-order valence-electron chi connectivity index (χ0n) is 15.1. The maximum absolute atomic E-state index is 12.4. The summed E-state index contributed by atoms with van der Waals surface area (Å²) in [6, 6.07) is 18.6. The first-order valence-electron chi connectivity index (χ1n) is 8.71. The highest BCUT2D eigenvalue weighted by Gasteiger charge is 2.18. The topological polar surface area (TPSA) is 93.8 Å². The molecule has 3 rings (SSSR count). The summed E-state index contributed by atoms with van der Waals surface area (Å²) in [5.41, 5.74) is 0.405. The quantitative estimate of drug-likeness (QED) is 0.625. The van der Waals surface area contributed by atoms with Crippen LogP contribution >= 0.6 is 0 Å². The number of benzene rings is 2. The molecule has 0 aliphatic carbocycles. The highest BCUT2D eigenvalue weighted by molar-refractivity contribution is 7.91. The molecular weight excluding hydrogens is 380 g/mol. The smallest absolute Gasteiger partial charge is 0.227 e. The molecule has 0 aliphatic rings. The third-order valence-corrected chi connectivity index (χ3v) is 5.84. The number of hydrogen-bond donors (Lipinski definition) is 1. The van der Waals surface area contributed by atoms with Crippen LogP contribution in [0.15, 0.2) is 80.8 Å². The van der Waals surface area contributed by atoms with E-state index in [1.54, 1.807) is 18.2 Å². The molecule has 0 bridgehead atoms. The second-order valence-corrected chi connectivity index (χ2v) is 8.25. The van der Waals surface area contributed by atoms with Gasteiger partial charge in [-0.2, -0.15) is 0 Å². The van der Waals surface area contributed by atoms with Gasteiger partial charge in [0.05, 0.1) is 10.6 Å². The summed E-state index contributed by atoms with van der Waals surface area (Å²) in [6.45, 7) is -0.376. The summed E-state index contributed by atoms with van der Waals surface area (Å²) in [5, 5.41) is 9.54. The van der Waals surface area contributed by atoms with Gasteiger partial charge in [0.1, 0.15) is 19.0 Å². The van der Waals surface area contributed by atoms with Crippen LogP contribution in [0.4, 0.5) is 0 Å². The monoisotopic (exact) mass is 400 g/mol. The van der Waals surface area contributed by atoms with E-state index in [0.717, 1.165) is 5.56 Å². The van der Waals surface area contributed by atoms with Gasteiger partial charge >= 0.3 is 0 Å². The fraction of sp³-hybridized carbons (Fsp3) is 0.190. The molecule has 7 heteroatoms. The molecule has 0 amide bonds. The van der Waals surface area contributed by atoms with Crippen molar-refractivity contribution < 1.29 is 22.7 Å². The largest absolute Gasteiger partial charge is 0.482 e. The normalized spacial score (nSPS) is 11.3. The lowest BCUT2D eigenvalue weighted by molar-refractivity contribution is 0.213. The van der Waals surface area contributed by atoms with Crippen molar-refractivity contribution >= 4 is 9.84 Å². The second kappa shape index (κ2) is 8.86. The fourth-order valence-electron chi connectivity index (χ4n) is 2.67. The predicted octanol–water partition coefficient (Wildman–Crippen LogP) is 2.73. The molecule has 0 radical (unpaired) electrons. The standard InChI is InChI=1S/C21H20O6S/c22-14-20-21(26-15-16-7-3-1-4-8-16)19(23)13-17(27-20)11-12-28(24,25)18-9-5-2-6-10-18/h1-10,13,22H,11-12,14-15H2. The van der Waals surface area contributed by atoms with Crippen LogP contribution in [-0.2, 0) is 29.5 Å². The molecule has 1 aromatic heterocycles. The van der Waals surface area contributed by atoms with Crippen LogP contribution in [0.25, 0.3) is 0 Å². The first-order valence-corrected chi connectivity index (χ1v) is 10.4. The molecule has 2 aromatic carbocycles. The molecular formula is C21H20O6S. The first kappa shape index (κ1) is 19.9. The first-order chi connectivity index (χ1) is 13.5. The van der Waals surface area contributed by atoms with Gasteiger partial charge in [-0.05, 0) is 17.7 Å². The summed E-state index contributed by atoms with van der Waals surface area (Å²) < 4.78 is 35.8. The van der Waals surface area contributed by atoms with Crippen molar-refractivity contribution in [3.05, 3.63) is 94.0 Å². The van der Waals surface area contributed by atoms with E-state index in [0.29, 0.717) is 0 Å². The molecule has 0 saturated carbocycles. The van der Waals surface area contributed by atoms with Crippen LogP contribution in [0.1, 0.15) is 17.1 Å². The Labute approximate surface area is 163 Å². The number of aryl methyl sites for hydroxylation is 1. The summed E-state index contributed by atoms with van der Waals surface area (Å²) in [4.78, 5) is 12.6. The van der Waals surface area contributed by atoms with E-state index in [-0.39, 0.29) is 40.9 Å². The van der Waals surface area contributed by atoms with Gasteiger partial charge in [-0.3, -0.25) is 4.79 Å². The number of hydrogen-bond acceptors (Lipinski definition) is 6. The summed E-state index contributed by atoms with van der Waals surface area (Å²) in [5.74, 6) is -0.119. The van der Waals surface area contributed by atoms with Crippen LogP contribution in [0.5, 0.6) is 5.75 Å². The van der Waals surface area contributed by atoms with E-state index in [1.807, 2.05) is 30.3 Å². The molecule has 0 saturated heterocycles. The van der Waals surface area contributed by atoms with Crippen LogP contribution in [-0.4, -0.2) is 19.3 Å². The number of sulfone groups is 1. The van der Waals surface area contributed by atoms with E-state index in [1.165, 1.54) is 18.2 Å². The van der Waals surface area contributed by atoms with E-state index in [4.69, 9.17) is 9.15 Å². The average molecular weight is 400 g/mol. The Balaban J connectivity index is 1.75. The Morgan fingerprint density at radius 2 is 1.61 bits per heavy atom. The van der Waals surface area contributed by atoms with E-state index in [9.17, 15) is 18.3 Å². The second-order valence-electron chi connectivity index (χ2n) is 6.14. The van der Waals surface area contributed by atoms with Gasteiger partial charge in [0.15, 0.2) is 15.6 Å². The summed E-state index contributed by atoms with van der Waals surface area (Å²) in [6.07, 6.45) is 0.0123. The predicted molar refractivity (Wildman–Crippen MR) is 104 cm³/mol. The lowest BCUT2D eigenvalue weighted by atomic mass is 10.2. The molecule has 0 atom stereocenters. The van der Waals surface area contributed by atoms with E-state index >= 15 is 0 Å². The Kier molecular flexibility index (Phi) is 6.28. The SMILES string of the molecule is O=c1cc(CCS(=O)(=O)c2ccccc2)oc(CO)c1OCc1ccccc1. The van der Waals surface area contributed by atoms with Crippen LogP contribution in [0.2, 0.25) is 0 Å². The molecule has 6 nitrogen and oxygen atoms in total. The van der Waals surface area contributed by atoms with E-state index < -0.39 is 21.9 Å². The minimum Gasteiger partial charge on any atom is -0.482 e. The van der Waals surface area contributed by atoms with Crippen LogP contribution in [0.3, 0.4) is 0 Å². The van der Waals surface area contributed by atoms with Gasteiger partial charge in [-0.1, -0.05) is 48.5 Å². The van der Waals surface area contributed by atoms with Crippen molar-refractivity contribution in [3.8, 4) is 5.75 Å². The van der Waals surface area contributed by atoms with Crippen molar-refractivity contribution in [3.63, 3.8) is 0 Å². The van der Waals surface area contributed by atoms with Crippen molar-refractivity contribution in [2.45, 2.75) is 24.5 Å². The molecule has 28 heavy (non-hydrogen) atoms. The van der Waals surface area contributed by atoms with Gasteiger partial charge in [0, 0.05) is 12.5 Å². The molecule has 1 heterocycles. The molecule has 0 fully saturated rings. The van der Waals surface area contributed by atoms with Crippen molar-refractivity contribution in [1.29, 1.82) is 0 Å². The molecule has 0 unspecified atom stereocenters. The summed E-state index contributed by atoms with van der Waals surface area (Å²) in [7, 11) is -3.50. The molecule has 0 aliphatic heterocycles. The molecule has 146 valence electrons. The van der Waals surface area contributed by atoms with Crippen molar-refractivity contribution in [2.75, 3.05) is 5.75 Å². The fourth-order valence-corrected chi connectivity index (χ4v) is 3.95. The third-order valence-electron chi connectivity index (χ3n) is 4.11. The van der Waals surface area contributed by atoms with Crippen molar-refractivity contribution in [2.24, 2.45) is 0 Å². The Morgan fingerprint density at radius 3 is 2.25 bits per heavy atom. The maximum Gasteiger partial charge on any atom is 0.227 e. The van der Waals surface area contributed by atoms with Crippen molar-refractivity contribution in [1.82, 2.24) is 0 Å². The van der Waals surface area contributed by atoms with Crippen LogP contribution in [0, 0.1) is 0 Å². The van der Waals surface area contributed by atoms with Gasteiger partial charge in [0.25, 0.3) is 0 Å². The lowest BCUT2D eigenvalue weighted by Crippen LogP contribution is -2.14. The highest BCUT2D eigenvalue weighted by atomic mass is 32.2. The maximum atomic E-state index is 12.4. The number of ether oxygens (including phenoxy) is 1. The number of rotatable bonds is 8. The Morgan fingerprint density at radius 1 is 0.964 bits per heavy atom. The zero-order valence-corrected chi connectivity index (χ0v) is 15.9. The molecule has 1 N–H and O–H groups in total. The van der Waals surface area contributed by atoms with Crippen LogP contribution < -0.4 is 10.2 Å². The van der Waals surface area contributed by atoms with E-state index in [2.05, 4.69) is 0 Å². The average Bonchev–Trinajstić information content (AvgIpc) is 2.72. The minimum atomic E-state index is -3.50. The lowest BCUT2D eigenvalue weighted by Gasteiger charge is -2.10. The minimum absolute atomic E-state index is 0.0123. The Bertz CT molecular complexity index is 1070. The number of aliphatic hydroxyl groups excluding tert-OH is 1. The van der Waals surface area contributed by atoms with Gasteiger partial charge in [0.2, 0.25) is 11.2 Å². The van der Waals surface area contributed by atoms with Gasteiger partial charge in [-0.15, -0.1) is 0 Å². The molecule has 3 aromatic rings. The van der Waals surface area contributed by atoms with Gasteiger partial charge in [-0.25, -0.2) is 8.42 Å². The number of aliphatic hydroxyl groups is 1. The highest BCUT2D eigenvalue weighted by Crippen LogP contribution is 2.19. The molecule has 0 spiro atoms. The van der Waals surface area contributed by atoms with Gasteiger partial charge < -0.3 is 14.3 Å². The Hall–Kier alpha value is -2.90.